The Bertz CT molecular complexity index is 992. The molecule has 0 atom stereocenters. The summed E-state index contributed by atoms with van der Waals surface area (Å²) >= 11 is 0. The lowest BCUT2D eigenvalue weighted by molar-refractivity contribution is -0.385. The zero-order valence-electron chi connectivity index (χ0n) is 14.0. The molecule has 25 heavy (non-hydrogen) atoms. The Hall–Kier alpha value is -3.14. The maximum absolute atomic E-state index is 11.2. The predicted molar refractivity (Wildman–Crippen MR) is 97.2 cm³/mol. The Morgan fingerprint density at radius 1 is 0.880 bits per heavy atom. The van der Waals surface area contributed by atoms with Crippen LogP contribution in [-0.4, -0.2) is 4.92 Å². The predicted octanol–water partition coefficient (Wildman–Crippen LogP) is 5.69. The van der Waals surface area contributed by atoms with Crippen LogP contribution in [0.2, 0.25) is 0 Å². The van der Waals surface area contributed by atoms with Crippen LogP contribution >= 0.6 is 0 Å². The quantitative estimate of drug-likeness (QED) is 0.457. The lowest BCUT2D eigenvalue weighted by atomic mass is 9.82. The van der Waals surface area contributed by atoms with Crippen LogP contribution in [0.1, 0.15) is 25.0 Å². The van der Waals surface area contributed by atoms with E-state index >= 15 is 0 Å². The summed E-state index contributed by atoms with van der Waals surface area (Å²) in [5, 5.41) is 11.2. The second kappa shape index (κ2) is 5.45. The zero-order chi connectivity index (χ0) is 17.6. The lowest BCUT2D eigenvalue weighted by Crippen LogP contribution is -2.14. The van der Waals surface area contributed by atoms with E-state index in [4.69, 9.17) is 4.74 Å². The van der Waals surface area contributed by atoms with Crippen molar-refractivity contribution in [3.8, 4) is 22.6 Å². The molecule has 0 radical (unpaired) electrons. The summed E-state index contributed by atoms with van der Waals surface area (Å²) in [5.41, 5.74) is 4.71. The van der Waals surface area contributed by atoms with E-state index in [1.165, 1.54) is 28.3 Å². The van der Waals surface area contributed by atoms with Gasteiger partial charge in [0, 0.05) is 11.5 Å². The monoisotopic (exact) mass is 331 g/mol. The van der Waals surface area contributed by atoms with E-state index in [9.17, 15) is 10.1 Å². The van der Waals surface area contributed by atoms with Crippen LogP contribution < -0.4 is 4.74 Å². The number of para-hydroxylation sites is 2. The maximum Gasteiger partial charge on any atom is 0.311 e. The molecule has 4 heteroatoms. The molecule has 0 saturated carbocycles. The fourth-order valence-electron chi connectivity index (χ4n) is 3.57. The van der Waals surface area contributed by atoms with Crippen molar-refractivity contribution >= 4 is 5.69 Å². The number of fused-ring (bicyclic) bond motifs is 3. The van der Waals surface area contributed by atoms with Crippen LogP contribution in [0.15, 0.2) is 66.7 Å². The molecule has 0 saturated heterocycles. The van der Waals surface area contributed by atoms with E-state index in [-0.39, 0.29) is 16.9 Å². The van der Waals surface area contributed by atoms with Gasteiger partial charge in [0.25, 0.3) is 0 Å². The minimum atomic E-state index is -0.428. The van der Waals surface area contributed by atoms with Gasteiger partial charge in [0.2, 0.25) is 5.75 Å². The van der Waals surface area contributed by atoms with Crippen LogP contribution in [0.3, 0.4) is 0 Å². The average molecular weight is 331 g/mol. The summed E-state index contributed by atoms with van der Waals surface area (Å²) in [6.07, 6.45) is 0. The van der Waals surface area contributed by atoms with Gasteiger partial charge in [0.05, 0.1) is 4.92 Å². The van der Waals surface area contributed by atoms with Gasteiger partial charge < -0.3 is 4.74 Å². The Labute approximate surface area is 145 Å². The molecule has 1 aliphatic carbocycles. The molecule has 0 fully saturated rings. The summed E-state index contributed by atoms with van der Waals surface area (Å²) < 4.78 is 5.85. The Balaban J connectivity index is 1.77. The fraction of sp³-hybridized carbons (Fsp3) is 0.143. The lowest BCUT2D eigenvalue weighted by Gasteiger charge is -2.21. The van der Waals surface area contributed by atoms with E-state index in [0.717, 1.165) is 0 Å². The molecule has 0 spiro atoms. The molecule has 1 aliphatic rings. The van der Waals surface area contributed by atoms with Crippen molar-refractivity contribution in [2.24, 2.45) is 0 Å². The Kier molecular flexibility index (Phi) is 3.35. The molecule has 0 aromatic heterocycles. The summed E-state index contributed by atoms with van der Waals surface area (Å²) in [6.45, 7) is 4.37. The summed E-state index contributed by atoms with van der Waals surface area (Å²) in [6, 6.07) is 20.7. The minimum absolute atomic E-state index is 0.0365. The van der Waals surface area contributed by atoms with Gasteiger partial charge in [-0.1, -0.05) is 56.3 Å². The summed E-state index contributed by atoms with van der Waals surface area (Å²) in [7, 11) is 0. The van der Waals surface area contributed by atoms with Crippen molar-refractivity contribution in [1.29, 1.82) is 0 Å². The number of hydrogen-bond acceptors (Lipinski definition) is 3. The Morgan fingerprint density at radius 3 is 2.36 bits per heavy atom. The summed E-state index contributed by atoms with van der Waals surface area (Å²) in [5.74, 6) is 0.856. The fourth-order valence-corrected chi connectivity index (χ4v) is 3.57. The minimum Gasteiger partial charge on any atom is -0.450 e. The van der Waals surface area contributed by atoms with Gasteiger partial charge in [-0.3, -0.25) is 10.1 Å². The number of benzene rings is 3. The van der Waals surface area contributed by atoms with Crippen molar-refractivity contribution in [1.82, 2.24) is 0 Å². The highest BCUT2D eigenvalue weighted by Gasteiger charge is 2.35. The van der Waals surface area contributed by atoms with Gasteiger partial charge in [0.1, 0.15) is 5.75 Å². The van der Waals surface area contributed by atoms with Gasteiger partial charge in [-0.2, -0.15) is 0 Å². The highest BCUT2D eigenvalue weighted by molar-refractivity contribution is 5.81. The topological polar surface area (TPSA) is 52.4 Å². The summed E-state index contributed by atoms with van der Waals surface area (Å²) in [4.78, 5) is 10.7. The van der Waals surface area contributed by atoms with Gasteiger partial charge in [-0.05, 0) is 40.5 Å². The van der Waals surface area contributed by atoms with Gasteiger partial charge >= 0.3 is 5.69 Å². The third kappa shape index (κ3) is 2.38. The molecule has 124 valence electrons. The van der Waals surface area contributed by atoms with Crippen molar-refractivity contribution in [2.45, 2.75) is 19.3 Å². The molecule has 0 heterocycles. The smallest absolute Gasteiger partial charge is 0.311 e. The second-order valence-electron chi connectivity index (χ2n) is 6.70. The van der Waals surface area contributed by atoms with Gasteiger partial charge in [-0.15, -0.1) is 0 Å². The third-order valence-electron chi connectivity index (χ3n) is 4.84. The van der Waals surface area contributed by atoms with Crippen LogP contribution in [0.25, 0.3) is 11.1 Å². The number of rotatable bonds is 3. The van der Waals surface area contributed by atoms with Crippen molar-refractivity contribution in [3.05, 3.63) is 88.0 Å². The molecule has 0 amide bonds. The normalized spacial score (nSPS) is 13.8. The highest BCUT2D eigenvalue weighted by Crippen LogP contribution is 2.49. The second-order valence-corrected chi connectivity index (χ2v) is 6.70. The number of nitro groups is 1. The zero-order valence-corrected chi connectivity index (χ0v) is 14.0. The van der Waals surface area contributed by atoms with Crippen LogP contribution in [-0.2, 0) is 5.41 Å². The number of nitro benzene ring substituents is 1. The van der Waals surface area contributed by atoms with E-state index in [1.807, 2.05) is 24.3 Å². The molecule has 0 unspecified atom stereocenters. The van der Waals surface area contributed by atoms with Gasteiger partial charge in [-0.25, -0.2) is 0 Å². The first-order chi connectivity index (χ1) is 12.0. The third-order valence-corrected chi connectivity index (χ3v) is 4.84. The van der Waals surface area contributed by atoms with Crippen LogP contribution in [0.5, 0.6) is 11.5 Å². The maximum atomic E-state index is 11.2. The van der Waals surface area contributed by atoms with Crippen LogP contribution in [0, 0.1) is 10.1 Å². The molecular weight excluding hydrogens is 314 g/mol. The molecule has 4 rings (SSSR count). The van der Waals surface area contributed by atoms with E-state index in [2.05, 4.69) is 32.0 Å². The van der Waals surface area contributed by atoms with Gasteiger partial charge in [0.15, 0.2) is 0 Å². The number of nitrogens with zero attached hydrogens (tertiary/aromatic N) is 1. The first kappa shape index (κ1) is 15.4. The largest absolute Gasteiger partial charge is 0.450 e. The standard InChI is InChI=1S/C21H17NO3/c1-21(2)17-8-4-3-7-15(17)16-12-11-14(13-18(16)21)25-20-10-6-5-9-19(20)22(23)24/h3-13H,1-2H3. The van der Waals surface area contributed by atoms with Crippen molar-refractivity contribution < 1.29 is 9.66 Å². The highest BCUT2D eigenvalue weighted by atomic mass is 16.6. The molecular formula is C21H17NO3. The first-order valence-corrected chi connectivity index (χ1v) is 8.14. The van der Waals surface area contributed by atoms with E-state index < -0.39 is 4.92 Å². The molecule has 3 aromatic carbocycles. The molecule has 3 aromatic rings. The SMILES string of the molecule is CC1(C)c2ccccc2-c2ccc(Oc3ccccc3[N+](=O)[O-])cc21. The van der Waals surface area contributed by atoms with Crippen molar-refractivity contribution in [2.75, 3.05) is 0 Å². The van der Waals surface area contributed by atoms with E-state index in [1.54, 1.807) is 18.2 Å². The molecule has 0 N–H and O–H groups in total. The molecule has 0 bridgehead atoms. The number of hydrogen-bond donors (Lipinski definition) is 0. The number of ether oxygens (including phenoxy) is 1. The molecule has 0 aliphatic heterocycles. The Morgan fingerprint density at radius 2 is 1.56 bits per heavy atom. The van der Waals surface area contributed by atoms with Crippen LogP contribution in [0.4, 0.5) is 5.69 Å². The molecule has 4 nitrogen and oxygen atoms in total. The average Bonchev–Trinajstić information content (AvgIpc) is 2.83. The van der Waals surface area contributed by atoms with E-state index in [0.29, 0.717) is 5.75 Å². The van der Waals surface area contributed by atoms with Crippen molar-refractivity contribution in [3.63, 3.8) is 0 Å². The first-order valence-electron chi connectivity index (χ1n) is 8.14.